The van der Waals surface area contributed by atoms with Crippen LogP contribution in [0, 0.1) is 11.3 Å². The molecule has 5 heteroatoms. The summed E-state index contributed by atoms with van der Waals surface area (Å²) in [4.78, 5) is 2.18. The molecule has 1 aromatic heterocycles. The van der Waals surface area contributed by atoms with Crippen molar-refractivity contribution in [3.05, 3.63) is 78.6 Å². The van der Waals surface area contributed by atoms with Gasteiger partial charge in [-0.2, -0.15) is 10.4 Å². The van der Waals surface area contributed by atoms with Gasteiger partial charge in [0.15, 0.2) is 0 Å². The second-order valence-corrected chi connectivity index (χ2v) is 5.93. The summed E-state index contributed by atoms with van der Waals surface area (Å²) in [5, 5.41) is 13.1. The number of rotatable bonds is 9. The maximum absolute atomic E-state index is 8.89. The molecule has 0 unspecified atom stereocenters. The molecule has 5 nitrogen and oxygen atoms in total. The Labute approximate surface area is 154 Å². The third-order valence-electron chi connectivity index (χ3n) is 4.05. The van der Waals surface area contributed by atoms with Gasteiger partial charge in [-0.05, 0) is 35.9 Å². The Morgan fingerprint density at radius 3 is 2.69 bits per heavy atom. The minimum Gasteiger partial charge on any atom is -0.492 e. The van der Waals surface area contributed by atoms with Crippen LogP contribution in [0.25, 0.3) is 0 Å². The third-order valence-corrected chi connectivity index (χ3v) is 4.05. The largest absolute Gasteiger partial charge is 0.492 e. The molecule has 2 aromatic carbocycles. The van der Waals surface area contributed by atoms with Gasteiger partial charge in [-0.25, -0.2) is 0 Å². The molecule has 0 N–H and O–H groups in total. The molecule has 0 aliphatic carbocycles. The van der Waals surface area contributed by atoms with Gasteiger partial charge in [0.25, 0.3) is 0 Å². The van der Waals surface area contributed by atoms with E-state index in [9.17, 15) is 0 Å². The predicted octanol–water partition coefficient (Wildman–Crippen LogP) is 3.73. The number of aromatic nitrogens is 2. The summed E-state index contributed by atoms with van der Waals surface area (Å²) in [6.45, 7) is 2.71. The molecule has 132 valence electrons. The van der Waals surface area contributed by atoms with Crippen LogP contribution in [-0.4, -0.2) is 29.5 Å². The van der Waals surface area contributed by atoms with Crippen LogP contribution >= 0.6 is 0 Å². The Balaban J connectivity index is 1.56. The Morgan fingerprint density at radius 2 is 1.92 bits per heavy atom. The Hall–Kier alpha value is -3.26. The zero-order valence-corrected chi connectivity index (χ0v) is 14.7. The number of hydrogen-bond acceptors (Lipinski definition) is 4. The highest BCUT2D eigenvalue weighted by Gasteiger charge is 2.06. The first-order valence-corrected chi connectivity index (χ1v) is 8.71. The maximum Gasteiger partial charge on any atom is 0.119 e. The van der Waals surface area contributed by atoms with E-state index in [1.807, 2.05) is 53.3 Å². The minimum absolute atomic E-state index is 0.494. The van der Waals surface area contributed by atoms with E-state index in [1.165, 1.54) is 0 Å². The average molecular weight is 346 g/mol. The number of benzene rings is 2. The summed E-state index contributed by atoms with van der Waals surface area (Å²) in [7, 11) is 0. The van der Waals surface area contributed by atoms with E-state index >= 15 is 0 Å². The lowest BCUT2D eigenvalue weighted by Gasteiger charge is -2.23. The molecule has 0 saturated carbocycles. The molecule has 0 saturated heterocycles. The van der Waals surface area contributed by atoms with Gasteiger partial charge < -0.3 is 9.64 Å². The van der Waals surface area contributed by atoms with Crippen molar-refractivity contribution in [3.63, 3.8) is 0 Å². The first-order valence-electron chi connectivity index (χ1n) is 8.71. The van der Waals surface area contributed by atoms with Gasteiger partial charge in [0.2, 0.25) is 0 Å². The molecule has 0 aliphatic rings. The van der Waals surface area contributed by atoms with Gasteiger partial charge >= 0.3 is 0 Å². The number of nitrogens with zero attached hydrogens (tertiary/aromatic N) is 4. The quantitative estimate of drug-likeness (QED) is 0.592. The van der Waals surface area contributed by atoms with Crippen molar-refractivity contribution >= 4 is 5.69 Å². The van der Waals surface area contributed by atoms with Gasteiger partial charge in [-0.3, -0.25) is 4.68 Å². The highest BCUT2D eigenvalue weighted by molar-refractivity contribution is 5.46. The first-order chi connectivity index (χ1) is 12.8. The molecule has 0 aliphatic heterocycles. The molecule has 0 radical (unpaired) electrons. The van der Waals surface area contributed by atoms with Gasteiger partial charge in [-0.1, -0.05) is 30.3 Å². The van der Waals surface area contributed by atoms with Gasteiger partial charge in [0.05, 0.1) is 25.6 Å². The van der Waals surface area contributed by atoms with Crippen LogP contribution < -0.4 is 9.64 Å². The van der Waals surface area contributed by atoms with E-state index in [1.54, 1.807) is 6.20 Å². The normalized spacial score (nSPS) is 10.3. The lowest BCUT2D eigenvalue weighted by molar-refractivity contribution is 0.323. The van der Waals surface area contributed by atoms with E-state index in [4.69, 9.17) is 10.00 Å². The standard InChI is InChI=1S/C21H22N4O/c22-11-5-13-24(20-8-2-1-3-9-20)15-16-26-21-10-4-7-19(17-21)18-25-14-6-12-23-25/h1-4,6-10,12,14,17H,5,13,15-16,18H2. The fourth-order valence-corrected chi connectivity index (χ4v) is 2.78. The lowest BCUT2D eigenvalue weighted by atomic mass is 10.2. The molecule has 26 heavy (non-hydrogen) atoms. The first kappa shape index (κ1) is 17.6. The van der Waals surface area contributed by atoms with E-state index < -0.39 is 0 Å². The molecule has 0 bridgehead atoms. The number of para-hydroxylation sites is 1. The van der Waals surface area contributed by atoms with Crippen molar-refractivity contribution in [3.8, 4) is 11.8 Å². The van der Waals surface area contributed by atoms with Crippen LogP contribution in [0.3, 0.4) is 0 Å². The highest BCUT2D eigenvalue weighted by Crippen LogP contribution is 2.16. The van der Waals surface area contributed by atoms with Crippen molar-refractivity contribution < 1.29 is 4.74 Å². The van der Waals surface area contributed by atoms with E-state index in [2.05, 4.69) is 34.3 Å². The van der Waals surface area contributed by atoms with Crippen molar-refractivity contribution in [2.75, 3.05) is 24.6 Å². The average Bonchev–Trinajstić information content (AvgIpc) is 3.18. The number of ether oxygens (including phenoxy) is 1. The van der Waals surface area contributed by atoms with Crippen molar-refractivity contribution in [2.24, 2.45) is 0 Å². The van der Waals surface area contributed by atoms with E-state index in [-0.39, 0.29) is 0 Å². The highest BCUT2D eigenvalue weighted by atomic mass is 16.5. The lowest BCUT2D eigenvalue weighted by Crippen LogP contribution is -2.29. The number of nitriles is 1. The Kier molecular flexibility index (Phi) is 6.27. The molecule has 3 rings (SSSR count). The summed E-state index contributed by atoms with van der Waals surface area (Å²) in [5.74, 6) is 0.850. The van der Waals surface area contributed by atoms with Crippen LogP contribution in [0.5, 0.6) is 5.75 Å². The van der Waals surface area contributed by atoms with Crippen LogP contribution in [0.4, 0.5) is 5.69 Å². The molecule has 3 aromatic rings. The Bertz CT molecular complexity index is 825. The molecule has 0 fully saturated rings. The molecule has 0 atom stereocenters. The molecular formula is C21H22N4O. The summed E-state index contributed by atoms with van der Waals surface area (Å²) >= 11 is 0. The number of anilines is 1. The third kappa shape index (κ3) is 5.12. The van der Waals surface area contributed by atoms with E-state index in [0.29, 0.717) is 19.6 Å². The summed E-state index contributed by atoms with van der Waals surface area (Å²) in [6, 6.07) is 22.3. The van der Waals surface area contributed by atoms with E-state index in [0.717, 1.165) is 30.1 Å². The summed E-state index contributed by atoms with van der Waals surface area (Å²) < 4.78 is 7.83. The van der Waals surface area contributed by atoms with Gasteiger partial charge in [0.1, 0.15) is 12.4 Å². The topological polar surface area (TPSA) is 54.1 Å². The van der Waals surface area contributed by atoms with Gasteiger partial charge in [-0.15, -0.1) is 0 Å². The van der Waals surface area contributed by atoms with Crippen LogP contribution in [0.2, 0.25) is 0 Å². The van der Waals surface area contributed by atoms with Crippen molar-refractivity contribution in [1.82, 2.24) is 9.78 Å². The zero-order chi connectivity index (χ0) is 18.0. The van der Waals surface area contributed by atoms with Crippen LogP contribution in [-0.2, 0) is 6.54 Å². The molecule has 0 spiro atoms. The predicted molar refractivity (Wildman–Crippen MR) is 102 cm³/mol. The fraction of sp³-hybridized carbons (Fsp3) is 0.238. The molecule has 1 heterocycles. The summed E-state index contributed by atoms with van der Waals surface area (Å²) in [6.07, 6.45) is 4.22. The molecule has 0 amide bonds. The Morgan fingerprint density at radius 1 is 1.04 bits per heavy atom. The van der Waals surface area contributed by atoms with Gasteiger partial charge in [0, 0.05) is 24.6 Å². The minimum atomic E-state index is 0.494. The molecular weight excluding hydrogens is 324 g/mol. The van der Waals surface area contributed by atoms with Crippen LogP contribution in [0.15, 0.2) is 73.1 Å². The number of hydrogen-bond donors (Lipinski definition) is 0. The van der Waals surface area contributed by atoms with Crippen LogP contribution in [0.1, 0.15) is 12.0 Å². The SMILES string of the molecule is N#CCCN(CCOc1cccc(Cn2cccn2)c1)c1ccccc1. The van der Waals surface area contributed by atoms with Crippen molar-refractivity contribution in [1.29, 1.82) is 5.26 Å². The zero-order valence-electron chi connectivity index (χ0n) is 14.7. The van der Waals surface area contributed by atoms with Crippen molar-refractivity contribution in [2.45, 2.75) is 13.0 Å². The smallest absolute Gasteiger partial charge is 0.119 e. The second-order valence-electron chi connectivity index (χ2n) is 5.93. The summed E-state index contributed by atoms with van der Waals surface area (Å²) in [5.41, 5.74) is 2.26. The maximum atomic E-state index is 8.89. The fourth-order valence-electron chi connectivity index (χ4n) is 2.78. The second kappa shape index (κ2) is 9.28. The monoisotopic (exact) mass is 346 g/mol.